The van der Waals surface area contributed by atoms with Crippen LogP contribution < -0.4 is 0 Å². The molecule has 12 heteroatoms. The number of rotatable bonds is 52. The molecule has 0 aromatic heterocycles. The van der Waals surface area contributed by atoms with Crippen molar-refractivity contribution in [2.75, 3.05) is 26.4 Å². The molecule has 0 fully saturated rings. The zero-order valence-electron chi connectivity index (χ0n) is 44.7. The second-order valence-corrected chi connectivity index (χ2v) is 20.2. The maximum atomic E-state index is 12.9. The molecule has 11 nitrogen and oxygen atoms in total. The monoisotopic (exact) mass is 1010 g/mol. The lowest BCUT2D eigenvalue weighted by atomic mass is 10.1. The van der Waals surface area contributed by atoms with E-state index < -0.39 is 57.8 Å². The Morgan fingerprint density at radius 1 is 0.414 bits per heavy atom. The van der Waals surface area contributed by atoms with E-state index >= 15 is 0 Å². The molecule has 0 rings (SSSR count). The third-order valence-electron chi connectivity index (χ3n) is 11.9. The predicted molar refractivity (Wildman–Crippen MR) is 288 cm³/mol. The minimum absolute atomic E-state index is 0.0470. The van der Waals surface area contributed by atoms with E-state index in [4.69, 9.17) is 23.3 Å². The summed E-state index contributed by atoms with van der Waals surface area (Å²) >= 11 is 0. The van der Waals surface area contributed by atoms with Crippen molar-refractivity contribution in [3.8, 4) is 0 Å². The molecule has 0 radical (unpaired) electrons. The summed E-state index contributed by atoms with van der Waals surface area (Å²) in [6.07, 6.45) is 56.4. The molecule has 3 atom stereocenters. The number of phosphoric ester groups is 1. The van der Waals surface area contributed by atoms with Crippen molar-refractivity contribution in [3.05, 3.63) is 60.8 Å². The van der Waals surface area contributed by atoms with Gasteiger partial charge in [0.05, 0.1) is 19.8 Å². The molecule has 2 N–H and O–H groups in total. The van der Waals surface area contributed by atoms with Gasteiger partial charge in [0.2, 0.25) is 0 Å². The van der Waals surface area contributed by atoms with Gasteiger partial charge in [0, 0.05) is 19.3 Å². The molecule has 0 aliphatic carbocycles. The molecule has 0 bridgehead atoms. The van der Waals surface area contributed by atoms with E-state index in [0.717, 1.165) is 64.2 Å². The summed E-state index contributed by atoms with van der Waals surface area (Å²) in [5.41, 5.74) is 0. The average Bonchev–Trinajstić information content (AvgIpc) is 3.35. The number of aliphatic hydroxyl groups is 1. The number of ether oxygens (including phenoxy) is 3. The van der Waals surface area contributed by atoms with Gasteiger partial charge in [0.1, 0.15) is 12.7 Å². The second-order valence-electron chi connectivity index (χ2n) is 18.7. The van der Waals surface area contributed by atoms with Crippen LogP contribution in [0.3, 0.4) is 0 Å². The lowest BCUT2D eigenvalue weighted by Gasteiger charge is -2.21. The Hall–Kier alpha value is -2.82. The van der Waals surface area contributed by atoms with Crippen molar-refractivity contribution >= 4 is 25.7 Å². The van der Waals surface area contributed by atoms with Gasteiger partial charge in [-0.2, -0.15) is 0 Å². The molecule has 406 valence electrons. The van der Waals surface area contributed by atoms with Crippen LogP contribution in [0.15, 0.2) is 60.8 Å². The Morgan fingerprint density at radius 2 is 0.771 bits per heavy atom. The molecule has 0 aliphatic heterocycles. The van der Waals surface area contributed by atoms with Crippen LogP contribution in [-0.4, -0.2) is 66.5 Å². The van der Waals surface area contributed by atoms with Crippen molar-refractivity contribution in [2.45, 2.75) is 264 Å². The zero-order valence-corrected chi connectivity index (χ0v) is 45.6. The Balaban J connectivity index is 4.74. The molecule has 0 spiro atoms. The first-order chi connectivity index (χ1) is 34.2. The highest BCUT2D eigenvalue weighted by atomic mass is 31.2. The Morgan fingerprint density at radius 3 is 1.23 bits per heavy atom. The summed E-state index contributed by atoms with van der Waals surface area (Å²) in [5, 5.41) is 9.78. The van der Waals surface area contributed by atoms with Gasteiger partial charge in [0.15, 0.2) is 6.10 Å². The third-order valence-corrected chi connectivity index (χ3v) is 12.9. The van der Waals surface area contributed by atoms with Gasteiger partial charge in [-0.3, -0.25) is 23.4 Å². The maximum Gasteiger partial charge on any atom is 0.472 e. The van der Waals surface area contributed by atoms with E-state index in [1.54, 1.807) is 0 Å². The number of esters is 3. The minimum atomic E-state index is -4.76. The standard InChI is InChI=1S/C58H103O11P/c1-4-7-10-13-16-19-22-24-25-26-27-28-29-31-33-35-38-41-44-47-56(60)65-51-55(69-58(62)49-46-43-40-37-34-30-23-20-17-14-11-8-5-2)53-67-70(63,64)66-52-54(50-59)68-57(61)48-45-42-39-36-32-21-18-15-12-9-6-3/h8,11,17,20,24-25,30,34,40,43,54-55,59H,4-7,9-10,12-16,18-19,21-23,26-29,31-33,35-39,41-42,44-53H2,1-3H3,(H,63,64)/b11-8-,20-17-,25-24-,34-30-,43-40-. The van der Waals surface area contributed by atoms with Crippen LogP contribution in [0.4, 0.5) is 0 Å². The number of hydrogen-bond acceptors (Lipinski definition) is 10. The minimum Gasteiger partial charge on any atom is -0.462 e. The van der Waals surface area contributed by atoms with Crippen LogP contribution in [0.2, 0.25) is 0 Å². The van der Waals surface area contributed by atoms with E-state index in [9.17, 15) is 28.9 Å². The summed E-state index contributed by atoms with van der Waals surface area (Å²) in [7, 11) is -4.76. The highest BCUT2D eigenvalue weighted by Gasteiger charge is 2.28. The second kappa shape index (κ2) is 52.5. The molecule has 0 saturated heterocycles. The topological polar surface area (TPSA) is 155 Å². The fourth-order valence-corrected chi connectivity index (χ4v) is 8.44. The fourth-order valence-electron chi connectivity index (χ4n) is 7.66. The maximum absolute atomic E-state index is 12.9. The van der Waals surface area contributed by atoms with Gasteiger partial charge in [-0.1, -0.05) is 223 Å². The molecule has 70 heavy (non-hydrogen) atoms. The van der Waals surface area contributed by atoms with Crippen LogP contribution in [0.5, 0.6) is 0 Å². The van der Waals surface area contributed by atoms with Crippen molar-refractivity contribution in [1.29, 1.82) is 0 Å². The summed E-state index contributed by atoms with van der Waals surface area (Å²) < 4.78 is 39.3. The van der Waals surface area contributed by atoms with E-state index in [2.05, 4.69) is 69.4 Å². The van der Waals surface area contributed by atoms with Crippen molar-refractivity contribution in [2.24, 2.45) is 0 Å². The molecule has 0 saturated carbocycles. The van der Waals surface area contributed by atoms with Crippen LogP contribution in [0.25, 0.3) is 0 Å². The normalized spacial score (nSPS) is 13.8. The molecule has 3 unspecified atom stereocenters. The fraction of sp³-hybridized carbons (Fsp3) is 0.776. The van der Waals surface area contributed by atoms with Crippen molar-refractivity contribution < 1.29 is 52.2 Å². The number of hydrogen-bond donors (Lipinski definition) is 2. The SMILES string of the molecule is CC/C=C\C/C=C\C/C=C\C/C=C\CCC(=O)OC(COC(=O)CCCCCCCCCCC/C=C\CCCCCCCC)COP(=O)(O)OCC(CO)OC(=O)CCCCCCCCCCCCC. The van der Waals surface area contributed by atoms with E-state index in [1.165, 1.54) is 128 Å². The number of allylic oxidation sites excluding steroid dienone is 10. The molecule has 0 aromatic rings. The van der Waals surface area contributed by atoms with Crippen LogP contribution in [0.1, 0.15) is 252 Å². The Kier molecular flexibility index (Phi) is 50.4. The van der Waals surface area contributed by atoms with Gasteiger partial charge in [-0.25, -0.2) is 4.57 Å². The van der Waals surface area contributed by atoms with Crippen molar-refractivity contribution in [1.82, 2.24) is 0 Å². The summed E-state index contributed by atoms with van der Waals surface area (Å²) in [4.78, 5) is 48.4. The van der Waals surface area contributed by atoms with E-state index in [1.807, 2.05) is 12.2 Å². The quantitative estimate of drug-likeness (QED) is 0.0197. The van der Waals surface area contributed by atoms with E-state index in [-0.39, 0.29) is 25.9 Å². The molecule has 0 heterocycles. The van der Waals surface area contributed by atoms with Crippen LogP contribution >= 0.6 is 7.82 Å². The predicted octanol–water partition coefficient (Wildman–Crippen LogP) is 16.4. The first-order valence-electron chi connectivity index (χ1n) is 28.2. The Labute approximate surface area is 427 Å². The highest BCUT2D eigenvalue weighted by molar-refractivity contribution is 7.47. The number of phosphoric acid groups is 1. The first-order valence-corrected chi connectivity index (χ1v) is 29.7. The third kappa shape index (κ3) is 50.1. The largest absolute Gasteiger partial charge is 0.472 e. The Bertz CT molecular complexity index is 1410. The number of carbonyl (C=O) groups is 3. The van der Waals surface area contributed by atoms with Crippen LogP contribution in [0, 0.1) is 0 Å². The van der Waals surface area contributed by atoms with Gasteiger partial charge in [0.25, 0.3) is 0 Å². The average molecular weight is 1010 g/mol. The van der Waals surface area contributed by atoms with E-state index in [0.29, 0.717) is 19.3 Å². The number of unbranched alkanes of at least 4 members (excludes halogenated alkanes) is 25. The molecular formula is C58H103O11P. The van der Waals surface area contributed by atoms with Crippen molar-refractivity contribution in [3.63, 3.8) is 0 Å². The van der Waals surface area contributed by atoms with Gasteiger partial charge >= 0.3 is 25.7 Å². The first kappa shape index (κ1) is 67.2. The zero-order chi connectivity index (χ0) is 51.3. The van der Waals surface area contributed by atoms with Gasteiger partial charge in [-0.15, -0.1) is 0 Å². The lowest BCUT2D eigenvalue weighted by Crippen LogP contribution is -2.30. The molecular weight excluding hydrogens is 904 g/mol. The lowest BCUT2D eigenvalue weighted by molar-refractivity contribution is -0.161. The summed E-state index contributed by atoms with van der Waals surface area (Å²) in [5.74, 6) is -1.56. The van der Waals surface area contributed by atoms with Gasteiger partial charge < -0.3 is 24.2 Å². The number of carbonyl (C=O) groups excluding carboxylic acids is 3. The summed E-state index contributed by atoms with van der Waals surface area (Å²) in [6.45, 7) is 4.44. The molecule has 0 amide bonds. The molecule has 0 aromatic carbocycles. The molecule has 0 aliphatic rings. The number of aliphatic hydroxyl groups excluding tert-OH is 1. The highest BCUT2D eigenvalue weighted by Crippen LogP contribution is 2.43. The van der Waals surface area contributed by atoms with Gasteiger partial charge in [-0.05, 0) is 70.6 Å². The van der Waals surface area contributed by atoms with Crippen LogP contribution in [-0.2, 0) is 42.2 Å². The summed E-state index contributed by atoms with van der Waals surface area (Å²) in [6, 6.07) is 0. The smallest absolute Gasteiger partial charge is 0.462 e.